The van der Waals surface area contributed by atoms with E-state index in [1.807, 2.05) is 37.3 Å². The van der Waals surface area contributed by atoms with Crippen molar-refractivity contribution >= 4 is 11.5 Å². The first-order valence-corrected chi connectivity index (χ1v) is 8.70. The normalized spacial score (nSPS) is 17.4. The number of hydrogen-bond donors (Lipinski definition) is 0. The molecular formula is C21H27NO3. The monoisotopic (exact) mass is 341 g/mol. The first-order chi connectivity index (χ1) is 12.0. The number of Topliss-reactive ketones (excluding diaryl/α,β-unsaturated/α-hetero) is 1. The summed E-state index contributed by atoms with van der Waals surface area (Å²) in [5.41, 5.74) is 2.18. The molecule has 1 aliphatic rings. The van der Waals surface area contributed by atoms with Gasteiger partial charge in [0.25, 0.3) is 0 Å². The second kappa shape index (κ2) is 8.65. The zero-order chi connectivity index (χ0) is 18.3. The van der Waals surface area contributed by atoms with Crippen molar-refractivity contribution in [1.29, 1.82) is 0 Å². The highest BCUT2D eigenvalue weighted by molar-refractivity contribution is 6.23. The molecule has 1 aromatic rings. The molecule has 0 heterocycles. The van der Waals surface area contributed by atoms with Crippen LogP contribution in [0.1, 0.15) is 45.6 Å². The third-order valence-electron chi connectivity index (χ3n) is 4.08. The predicted octanol–water partition coefficient (Wildman–Crippen LogP) is 4.82. The Bertz CT molecular complexity index is 672. The van der Waals surface area contributed by atoms with Gasteiger partial charge in [0.05, 0.1) is 11.3 Å². The highest BCUT2D eigenvalue weighted by atomic mass is 16.6. The van der Waals surface area contributed by atoms with Crippen molar-refractivity contribution < 1.29 is 14.4 Å². The molecule has 1 aliphatic carbocycles. The molecule has 0 aromatic heterocycles. The molecule has 1 aromatic carbocycles. The van der Waals surface area contributed by atoms with Gasteiger partial charge in [0, 0.05) is 12.8 Å². The number of benzene rings is 1. The summed E-state index contributed by atoms with van der Waals surface area (Å²) >= 11 is 0. The maximum absolute atomic E-state index is 12.8. The average Bonchev–Trinajstić information content (AvgIpc) is 2.58. The molecule has 2 rings (SSSR count). The van der Waals surface area contributed by atoms with Crippen LogP contribution in [0, 0.1) is 5.41 Å². The van der Waals surface area contributed by atoms with Gasteiger partial charge >= 0.3 is 0 Å². The topological polar surface area (TPSA) is 47.9 Å². The Kier molecular flexibility index (Phi) is 6.57. The molecule has 0 aliphatic heterocycles. The highest BCUT2D eigenvalue weighted by Gasteiger charge is 2.36. The molecule has 0 amide bonds. The molecule has 134 valence electrons. The van der Waals surface area contributed by atoms with Gasteiger partial charge in [-0.15, -0.1) is 0 Å². The smallest absolute Gasteiger partial charge is 0.168 e. The van der Waals surface area contributed by atoms with Gasteiger partial charge in [-0.3, -0.25) is 4.79 Å². The van der Waals surface area contributed by atoms with Crippen LogP contribution in [0.5, 0.6) is 0 Å². The molecule has 0 saturated carbocycles. The summed E-state index contributed by atoms with van der Waals surface area (Å²) in [5.74, 6) is 0.787. The molecule has 4 heteroatoms. The molecule has 0 radical (unpaired) electrons. The summed E-state index contributed by atoms with van der Waals surface area (Å²) in [6, 6.07) is 9.95. The van der Waals surface area contributed by atoms with E-state index in [4.69, 9.17) is 9.57 Å². The molecule has 0 spiro atoms. The van der Waals surface area contributed by atoms with Crippen molar-refractivity contribution in [3.8, 4) is 0 Å². The Morgan fingerprint density at radius 1 is 1.28 bits per heavy atom. The number of allylic oxidation sites excluding steroid dienone is 2. The highest BCUT2D eigenvalue weighted by Crippen LogP contribution is 2.38. The second-order valence-electron chi connectivity index (χ2n) is 6.99. The minimum atomic E-state index is -0.118. The van der Waals surface area contributed by atoms with Gasteiger partial charge in [0.15, 0.2) is 5.78 Å². The van der Waals surface area contributed by atoms with Crippen LogP contribution < -0.4 is 0 Å². The number of nitrogens with zero attached hydrogens (tertiary/aromatic N) is 1. The first kappa shape index (κ1) is 19.0. The third kappa shape index (κ3) is 5.31. The van der Waals surface area contributed by atoms with E-state index in [-0.39, 0.29) is 11.2 Å². The van der Waals surface area contributed by atoms with Gasteiger partial charge in [0.2, 0.25) is 0 Å². The maximum Gasteiger partial charge on any atom is 0.168 e. The molecule has 0 bridgehead atoms. The quantitative estimate of drug-likeness (QED) is 0.295. The largest absolute Gasteiger partial charge is 0.492 e. The van der Waals surface area contributed by atoms with Gasteiger partial charge in [-0.1, -0.05) is 68.9 Å². The van der Waals surface area contributed by atoms with Gasteiger partial charge < -0.3 is 9.57 Å². The fourth-order valence-electron chi connectivity index (χ4n) is 2.91. The Morgan fingerprint density at radius 3 is 2.64 bits per heavy atom. The van der Waals surface area contributed by atoms with E-state index in [9.17, 15) is 4.79 Å². The van der Waals surface area contributed by atoms with Gasteiger partial charge in [-0.05, 0) is 17.4 Å². The molecular weight excluding hydrogens is 314 g/mol. The average molecular weight is 341 g/mol. The molecule has 0 N–H and O–H groups in total. The minimum absolute atomic E-state index is 0.0714. The number of ether oxygens (including phenoxy) is 1. The standard InChI is InChI=1S/C21H27NO3/c1-5-12-25-22-17(6-2)20-18(23)13-21(3,4)14-19(20)24-15-16-10-8-7-9-11-16/h5,7-11H,1,6,12-15H2,2-4H3/b22-17-. The minimum Gasteiger partial charge on any atom is -0.492 e. The lowest BCUT2D eigenvalue weighted by molar-refractivity contribution is -0.118. The van der Waals surface area contributed by atoms with Crippen LogP contribution in [0.4, 0.5) is 0 Å². The SMILES string of the molecule is C=CCO/N=C(/CC)C1=C(OCc2ccccc2)CC(C)(C)CC1=O. The van der Waals surface area contributed by atoms with E-state index in [0.717, 1.165) is 5.56 Å². The van der Waals surface area contributed by atoms with E-state index in [1.54, 1.807) is 6.08 Å². The lowest BCUT2D eigenvalue weighted by atomic mass is 9.75. The summed E-state index contributed by atoms with van der Waals surface area (Å²) in [4.78, 5) is 18.0. The zero-order valence-electron chi connectivity index (χ0n) is 15.4. The summed E-state index contributed by atoms with van der Waals surface area (Å²) in [5, 5.41) is 4.15. The molecule has 4 nitrogen and oxygen atoms in total. The zero-order valence-corrected chi connectivity index (χ0v) is 15.4. The summed E-state index contributed by atoms with van der Waals surface area (Å²) in [6.07, 6.45) is 3.43. The number of ketones is 1. The molecule has 0 unspecified atom stereocenters. The third-order valence-corrected chi connectivity index (χ3v) is 4.08. The van der Waals surface area contributed by atoms with E-state index < -0.39 is 0 Å². The van der Waals surface area contributed by atoms with Gasteiger partial charge in [-0.25, -0.2) is 0 Å². The van der Waals surface area contributed by atoms with E-state index in [1.165, 1.54) is 0 Å². The Hall–Kier alpha value is -2.36. The number of hydrogen-bond acceptors (Lipinski definition) is 4. The summed E-state index contributed by atoms with van der Waals surface area (Å²) < 4.78 is 6.08. The predicted molar refractivity (Wildman–Crippen MR) is 100 cm³/mol. The van der Waals surface area contributed by atoms with Crippen LogP contribution in [0.15, 0.2) is 59.5 Å². The van der Waals surface area contributed by atoms with E-state index in [0.29, 0.717) is 49.5 Å². The molecule has 25 heavy (non-hydrogen) atoms. The number of carbonyl (C=O) groups is 1. The fraction of sp³-hybridized carbons (Fsp3) is 0.429. The lowest BCUT2D eigenvalue weighted by Crippen LogP contribution is -2.30. The van der Waals surface area contributed by atoms with Gasteiger partial charge in [-0.2, -0.15) is 0 Å². The van der Waals surface area contributed by atoms with Crippen molar-refractivity contribution in [2.24, 2.45) is 10.6 Å². The Morgan fingerprint density at radius 2 is 2.00 bits per heavy atom. The molecule has 0 saturated heterocycles. The van der Waals surface area contributed by atoms with Crippen LogP contribution >= 0.6 is 0 Å². The lowest BCUT2D eigenvalue weighted by Gasteiger charge is -2.32. The maximum atomic E-state index is 12.8. The summed E-state index contributed by atoms with van der Waals surface area (Å²) in [7, 11) is 0. The van der Waals surface area contributed by atoms with Crippen molar-refractivity contribution in [2.75, 3.05) is 6.61 Å². The van der Waals surface area contributed by atoms with Crippen LogP contribution in [-0.2, 0) is 21.0 Å². The Labute approximate surface area is 150 Å². The summed E-state index contributed by atoms with van der Waals surface area (Å²) in [6.45, 7) is 10.5. The number of oxime groups is 1. The van der Waals surface area contributed by atoms with Crippen molar-refractivity contribution in [1.82, 2.24) is 0 Å². The van der Waals surface area contributed by atoms with E-state index in [2.05, 4.69) is 25.6 Å². The van der Waals surface area contributed by atoms with Crippen LogP contribution in [-0.4, -0.2) is 18.1 Å². The fourth-order valence-corrected chi connectivity index (χ4v) is 2.91. The first-order valence-electron chi connectivity index (χ1n) is 8.70. The van der Waals surface area contributed by atoms with Crippen LogP contribution in [0.3, 0.4) is 0 Å². The van der Waals surface area contributed by atoms with Crippen molar-refractivity contribution in [2.45, 2.75) is 46.6 Å². The number of rotatable bonds is 8. The number of carbonyl (C=O) groups excluding carboxylic acids is 1. The van der Waals surface area contributed by atoms with Crippen LogP contribution in [0.25, 0.3) is 0 Å². The Balaban J connectivity index is 2.31. The van der Waals surface area contributed by atoms with Crippen molar-refractivity contribution in [3.05, 3.63) is 59.9 Å². The van der Waals surface area contributed by atoms with E-state index >= 15 is 0 Å². The van der Waals surface area contributed by atoms with Gasteiger partial charge in [0.1, 0.15) is 19.0 Å². The molecule has 0 atom stereocenters. The van der Waals surface area contributed by atoms with Crippen molar-refractivity contribution in [3.63, 3.8) is 0 Å². The molecule has 0 fully saturated rings. The second-order valence-corrected chi connectivity index (χ2v) is 6.99. The van der Waals surface area contributed by atoms with Crippen LogP contribution in [0.2, 0.25) is 0 Å².